The number of para-hydroxylation sites is 2. The number of aromatic nitrogens is 1. The molecule has 2 amide bonds. The minimum Gasteiger partial charge on any atom is -0.495 e. The molecule has 3 rings (SSSR count). The van der Waals surface area contributed by atoms with Crippen LogP contribution in [0.2, 0.25) is 0 Å². The second-order valence-corrected chi connectivity index (χ2v) is 7.32. The van der Waals surface area contributed by atoms with Crippen molar-refractivity contribution in [3.8, 4) is 5.75 Å². The highest BCUT2D eigenvalue weighted by Crippen LogP contribution is 2.27. The molecule has 2 N–H and O–H groups in total. The largest absolute Gasteiger partial charge is 0.495 e. The van der Waals surface area contributed by atoms with E-state index < -0.39 is 0 Å². The summed E-state index contributed by atoms with van der Waals surface area (Å²) >= 11 is 0. The van der Waals surface area contributed by atoms with Crippen LogP contribution in [0.1, 0.15) is 36.5 Å². The van der Waals surface area contributed by atoms with E-state index in [1.54, 1.807) is 25.4 Å². The maximum absolute atomic E-state index is 12.7. The third kappa shape index (κ3) is 5.47. The zero-order valence-corrected chi connectivity index (χ0v) is 17.0. The van der Waals surface area contributed by atoms with Crippen LogP contribution in [0, 0.1) is 5.92 Å². The summed E-state index contributed by atoms with van der Waals surface area (Å²) in [6, 6.07) is 10.8. The van der Waals surface area contributed by atoms with E-state index in [9.17, 15) is 9.59 Å². The highest BCUT2D eigenvalue weighted by molar-refractivity contribution is 5.99. The standard InChI is InChI=1S/C22H28N4O3/c1-16-7-6-14-26(15-16)20(27)11-13-24-22(28)17-8-5-12-23-21(17)25-18-9-3-4-10-19(18)29-2/h3-5,8-10,12,16H,6-7,11,13-15H2,1-2H3,(H,23,25)(H,24,28). The van der Waals surface area contributed by atoms with Gasteiger partial charge in [-0.25, -0.2) is 4.98 Å². The molecular formula is C22H28N4O3. The molecule has 1 unspecified atom stereocenters. The number of nitrogens with zero attached hydrogens (tertiary/aromatic N) is 2. The van der Waals surface area contributed by atoms with Crippen molar-refractivity contribution >= 4 is 23.3 Å². The number of benzene rings is 1. The molecule has 1 fully saturated rings. The average Bonchev–Trinajstić information content (AvgIpc) is 2.74. The zero-order chi connectivity index (χ0) is 20.6. The van der Waals surface area contributed by atoms with Crippen LogP contribution in [-0.4, -0.2) is 48.4 Å². The molecule has 2 heterocycles. The van der Waals surface area contributed by atoms with Crippen LogP contribution < -0.4 is 15.4 Å². The number of carbonyl (C=O) groups excluding carboxylic acids is 2. The Kier molecular flexibility index (Phi) is 7.05. The van der Waals surface area contributed by atoms with E-state index in [1.807, 2.05) is 29.2 Å². The van der Waals surface area contributed by atoms with Crippen LogP contribution in [-0.2, 0) is 4.79 Å². The van der Waals surface area contributed by atoms with Crippen molar-refractivity contribution in [2.24, 2.45) is 5.92 Å². The highest BCUT2D eigenvalue weighted by Gasteiger charge is 2.21. The van der Waals surface area contributed by atoms with E-state index in [1.165, 1.54) is 6.42 Å². The van der Waals surface area contributed by atoms with Gasteiger partial charge < -0.3 is 20.3 Å². The Hall–Kier alpha value is -3.09. The number of piperidine rings is 1. The molecule has 0 bridgehead atoms. The molecule has 1 atom stereocenters. The molecule has 1 aliphatic rings. The molecule has 2 aromatic rings. The SMILES string of the molecule is COc1ccccc1Nc1ncccc1C(=O)NCCC(=O)N1CCCC(C)C1. The lowest BCUT2D eigenvalue weighted by Gasteiger charge is -2.31. The molecule has 0 spiro atoms. The van der Waals surface area contributed by atoms with Crippen molar-refractivity contribution in [1.82, 2.24) is 15.2 Å². The molecule has 0 saturated carbocycles. The molecule has 1 aromatic heterocycles. The lowest BCUT2D eigenvalue weighted by atomic mass is 10.00. The molecule has 7 heteroatoms. The fraction of sp³-hybridized carbons (Fsp3) is 0.409. The predicted octanol–water partition coefficient (Wildman–Crippen LogP) is 3.21. The highest BCUT2D eigenvalue weighted by atomic mass is 16.5. The number of hydrogen-bond donors (Lipinski definition) is 2. The Morgan fingerprint density at radius 1 is 1.24 bits per heavy atom. The number of methoxy groups -OCH3 is 1. The molecule has 7 nitrogen and oxygen atoms in total. The number of nitrogens with one attached hydrogen (secondary N) is 2. The predicted molar refractivity (Wildman–Crippen MR) is 112 cm³/mol. The van der Waals surface area contributed by atoms with Gasteiger partial charge in [0.2, 0.25) is 5.91 Å². The van der Waals surface area contributed by atoms with Gasteiger partial charge in [0.05, 0.1) is 18.4 Å². The third-order valence-electron chi connectivity index (χ3n) is 5.05. The first-order valence-electron chi connectivity index (χ1n) is 9.99. The summed E-state index contributed by atoms with van der Waals surface area (Å²) in [5, 5.41) is 5.99. The van der Waals surface area contributed by atoms with Crippen LogP contribution in [0.5, 0.6) is 5.75 Å². The van der Waals surface area contributed by atoms with Crippen molar-refractivity contribution in [2.75, 3.05) is 32.1 Å². The molecule has 0 radical (unpaired) electrons. The van der Waals surface area contributed by atoms with E-state index in [0.717, 1.165) is 25.2 Å². The van der Waals surface area contributed by atoms with Gasteiger partial charge in [0.1, 0.15) is 11.6 Å². The zero-order valence-electron chi connectivity index (χ0n) is 17.0. The van der Waals surface area contributed by atoms with Crippen LogP contribution in [0.15, 0.2) is 42.6 Å². The number of hydrogen-bond acceptors (Lipinski definition) is 5. The van der Waals surface area contributed by atoms with Gasteiger partial charge in [-0.05, 0) is 43.0 Å². The van der Waals surface area contributed by atoms with Gasteiger partial charge in [0.25, 0.3) is 5.91 Å². The van der Waals surface area contributed by atoms with E-state index in [0.29, 0.717) is 36.0 Å². The van der Waals surface area contributed by atoms with Crippen molar-refractivity contribution in [3.05, 3.63) is 48.2 Å². The number of rotatable bonds is 7. The molecular weight excluding hydrogens is 368 g/mol. The summed E-state index contributed by atoms with van der Waals surface area (Å²) in [5.41, 5.74) is 1.13. The van der Waals surface area contributed by atoms with Gasteiger partial charge in [0.15, 0.2) is 0 Å². The molecule has 1 aromatic carbocycles. The monoisotopic (exact) mass is 396 g/mol. The summed E-state index contributed by atoms with van der Waals surface area (Å²) in [6.07, 6.45) is 4.14. The van der Waals surface area contributed by atoms with Crippen molar-refractivity contribution in [3.63, 3.8) is 0 Å². The van der Waals surface area contributed by atoms with Gasteiger partial charge >= 0.3 is 0 Å². The first-order valence-corrected chi connectivity index (χ1v) is 9.99. The minimum absolute atomic E-state index is 0.0930. The van der Waals surface area contributed by atoms with E-state index in [2.05, 4.69) is 22.5 Å². The summed E-state index contributed by atoms with van der Waals surface area (Å²) in [5.74, 6) is 1.46. The van der Waals surface area contributed by atoms with Gasteiger partial charge in [-0.2, -0.15) is 0 Å². The van der Waals surface area contributed by atoms with Crippen molar-refractivity contribution < 1.29 is 14.3 Å². The summed E-state index contributed by atoms with van der Waals surface area (Å²) in [7, 11) is 1.59. The van der Waals surface area contributed by atoms with Gasteiger partial charge in [-0.15, -0.1) is 0 Å². The summed E-state index contributed by atoms with van der Waals surface area (Å²) < 4.78 is 5.34. The van der Waals surface area contributed by atoms with E-state index in [4.69, 9.17) is 4.74 Å². The molecule has 1 aliphatic heterocycles. The fourth-order valence-electron chi connectivity index (χ4n) is 3.52. The minimum atomic E-state index is -0.268. The third-order valence-corrected chi connectivity index (χ3v) is 5.05. The number of anilines is 2. The van der Waals surface area contributed by atoms with Crippen LogP contribution in [0.3, 0.4) is 0 Å². The Morgan fingerprint density at radius 2 is 2.07 bits per heavy atom. The van der Waals surface area contributed by atoms with Gasteiger partial charge in [-0.1, -0.05) is 19.1 Å². The first-order chi connectivity index (χ1) is 14.1. The Balaban J connectivity index is 1.59. The maximum Gasteiger partial charge on any atom is 0.255 e. The number of amides is 2. The van der Waals surface area contributed by atoms with E-state index in [-0.39, 0.29) is 11.8 Å². The smallest absolute Gasteiger partial charge is 0.255 e. The van der Waals surface area contributed by atoms with Crippen LogP contribution >= 0.6 is 0 Å². The van der Waals surface area contributed by atoms with Crippen molar-refractivity contribution in [1.29, 1.82) is 0 Å². The molecule has 1 saturated heterocycles. The second-order valence-electron chi connectivity index (χ2n) is 7.32. The number of ether oxygens (including phenoxy) is 1. The Labute approximate surface area is 171 Å². The van der Waals surface area contributed by atoms with Gasteiger partial charge in [-0.3, -0.25) is 9.59 Å². The van der Waals surface area contributed by atoms with E-state index >= 15 is 0 Å². The number of likely N-dealkylation sites (tertiary alicyclic amines) is 1. The summed E-state index contributed by atoms with van der Waals surface area (Å²) in [4.78, 5) is 31.2. The quantitative estimate of drug-likeness (QED) is 0.751. The number of pyridine rings is 1. The molecule has 0 aliphatic carbocycles. The lowest BCUT2D eigenvalue weighted by Crippen LogP contribution is -2.40. The Morgan fingerprint density at radius 3 is 2.86 bits per heavy atom. The lowest BCUT2D eigenvalue weighted by molar-refractivity contribution is -0.132. The molecule has 29 heavy (non-hydrogen) atoms. The maximum atomic E-state index is 12.7. The second kappa shape index (κ2) is 9.91. The van der Waals surface area contributed by atoms with Crippen LogP contribution in [0.4, 0.5) is 11.5 Å². The average molecular weight is 396 g/mol. The number of carbonyl (C=O) groups is 2. The normalized spacial score (nSPS) is 16.2. The Bertz CT molecular complexity index is 855. The van der Waals surface area contributed by atoms with Crippen LogP contribution in [0.25, 0.3) is 0 Å². The molecule has 154 valence electrons. The van der Waals surface area contributed by atoms with Crippen molar-refractivity contribution in [2.45, 2.75) is 26.2 Å². The topological polar surface area (TPSA) is 83.6 Å². The summed E-state index contributed by atoms with van der Waals surface area (Å²) in [6.45, 7) is 4.08. The van der Waals surface area contributed by atoms with Gasteiger partial charge in [0, 0.05) is 32.3 Å². The first kappa shape index (κ1) is 20.6. The fourth-order valence-corrected chi connectivity index (χ4v) is 3.52.